The summed E-state index contributed by atoms with van der Waals surface area (Å²) in [6.45, 7) is 3.75. The van der Waals surface area contributed by atoms with E-state index in [0.717, 1.165) is 21.1 Å². The molecule has 0 aliphatic carbocycles. The third-order valence-corrected chi connectivity index (χ3v) is 3.73. The fraction of sp³-hybridized carbons (Fsp3) is 0.231. The zero-order valence-electron chi connectivity index (χ0n) is 9.74. The minimum Gasteiger partial charge on any atom is -0.468 e. The Morgan fingerprint density at radius 2 is 2.06 bits per heavy atom. The third kappa shape index (κ3) is 2.70. The summed E-state index contributed by atoms with van der Waals surface area (Å²) in [7, 11) is 0. The maximum atomic E-state index is 13.2. The van der Waals surface area contributed by atoms with E-state index in [-0.39, 0.29) is 11.9 Å². The van der Waals surface area contributed by atoms with Crippen LogP contribution in [0.2, 0.25) is 0 Å². The lowest BCUT2D eigenvalue weighted by molar-refractivity contribution is 0.527. The van der Waals surface area contributed by atoms with Crippen LogP contribution in [-0.4, -0.2) is 0 Å². The molecule has 2 N–H and O–H groups in total. The predicted octanol–water partition coefficient (Wildman–Crippen LogP) is 3.90. The van der Waals surface area contributed by atoms with Gasteiger partial charge < -0.3 is 10.2 Å². The minimum atomic E-state index is -0.259. The van der Waals surface area contributed by atoms with Gasteiger partial charge in [0, 0.05) is 10.9 Å². The van der Waals surface area contributed by atoms with Crippen molar-refractivity contribution < 1.29 is 8.81 Å². The van der Waals surface area contributed by atoms with Crippen LogP contribution in [0.25, 0.3) is 0 Å². The fourth-order valence-corrected chi connectivity index (χ4v) is 2.62. The Balaban J connectivity index is 2.36. The number of furan rings is 1. The second kappa shape index (κ2) is 4.94. The Hall–Kier alpha value is -1.26. The van der Waals surface area contributed by atoms with Crippen molar-refractivity contribution in [2.75, 3.05) is 0 Å². The number of nitrogens with two attached hydrogens (primary N) is 1. The van der Waals surface area contributed by atoms with Crippen LogP contribution in [0.5, 0.6) is 0 Å². The highest BCUT2D eigenvalue weighted by Gasteiger charge is 2.11. The van der Waals surface area contributed by atoms with Crippen LogP contribution in [-0.2, 0) is 0 Å². The standard InChI is InChI=1S/C13H14FNOS/c1-8(15)11-7-10(14)3-4-13(11)17-12-5-6-16-9(12)2/h3-8H,15H2,1-2H3/t8-/m0/s1. The fourth-order valence-electron chi connectivity index (χ4n) is 1.57. The zero-order chi connectivity index (χ0) is 12.4. The van der Waals surface area contributed by atoms with Crippen LogP contribution in [0.15, 0.2) is 44.7 Å². The van der Waals surface area contributed by atoms with E-state index in [4.69, 9.17) is 10.2 Å². The summed E-state index contributed by atoms with van der Waals surface area (Å²) in [6.07, 6.45) is 1.65. The monoisotopic (exact) mass is 251 g/mol. The Kier molecular flexibility index (Phi) is 3.54. The molecule has 1 aromatic heterocycles. The lowest BCUT2D eigenvalue weighted by atomic mass is 10.1. The van der Waals surface area contributed by atoms with Gasteiger partial charge in [0.05, 0.1) is 11.2 Å². The van der Waals surface area contributed by atoms with Crippen LogP contribution in [0, 0.1) is 12.7 Å². The van der Waals surface area contributed by atoms with Gasteiger partial charge in [-0.1, -0.05) is 11.8 Å². The van der Waals surface area contributed by atoms with Gasteiger partial charge in [0.1, 0.15) is 11.6 Å². The highest BCUT2D eigenvalue weighted by Crippen LogP contribution is 2.35. The number of halogens is 1. The Morgan fingerprint density at radius 3 is 2.65 bits per heavy atom. The highest BCUT2D eigenvalue weighted by molar-refractivity contribution is 7.99. The van der Waals surface area contributed by atoms with Gasteiger partial charge in [0.2, 0.25) is 0 Å². The first-order valence-corrected chi connectivity index (χ1v) is 6.16. The second-order valence-corrected chi connectivity index (χ2v) is 5.00. The topological polar surface area (TPSA) is 39.2 Å². The van der Waals surface area contributed by atoms with E-state index in [9.17, 15) is 4.39 Å². The number of aryl methyl sites for hydroxylation is 1. The Morgan fingerprint density at radius 1 is 1.29 bits per heavy atom. The number of hydrogen-bond donors (Lipinski definition) is 1. The van der Waals surface area contributed by atoms with Crippen molar-refractivity contribution in [1.82, 2.24) is 0 Å². The van der Waals surface area contributed by atoms with E-state index < -0.39 is 0 Å². The van der Waals surface area contributed by atoms with Crippen molar-refractivity contribution in [3.05, 3.63) is 47.7 Å². The smallest absolute Gasteiger partial charge is 0.123 e. The summed E-state index contributed by atoms with van der Waals surface area (Å²) < 4.78 is 18.4. The molecule has 2 aromatic rings. The van der Waals surface area contributed by atoms with Gasteiger partial charge in [-0.05, 0) is 43.7 Å². The molecule has 0 spiro atoms. The first-order valence-electron chi connectivity index (χ1n) is 5.35. The molecule has 0 fully saturated rings. The largest absolute Gasteiger partial charge is 0.468 e. The van der Waals surface area contributed by atoms with Crippen LogP contribution in [0.1, 0.15) is 24.3 Å². The Bertz CT molecular complexity index is 522. The van der Waals surface area contributed by atoms with Gasteiger partial charge in [0.15, 0.2) is 0 Å². The molecule has 0 bridgehead atoms. The molecule has 1 aromatic carbocycles. The van der Waals surface area contributed by atoms with E-state index in [1.165, 1.54) is 12.1 Å². The summed E-state index contributed by atoms with van der Waals surface area (Å²) in [5.41, 5.74) is 6.66. The van der Waals surface area contributed by atoms with Crippen molar-refractivity contribution in [3.8, 4) is 0 Å². The summed E-state index contributed by atoms with van der Waals surface area (Å²) in [6, 6.07) is 6.39. The normalized spacial score (nSPS) is 12.7. The molecule has 0 radical (unpaired) electrons. The maximum absolute atomic E-state index is 13.2. The van der Waals surface area contributed by atoms with Gasteiger partial charge in [-0.3, -0.25) is 0 Å². The molecule has 4 heteroatoms. The number of benzene rings is 1. The lowest BCUT2D eigenvalue weighted by Crippen LogP contribution is -2.06. The van der Waals surface area contributed by atoms with Crippen LogP contribution in [0.4, 0.5) is 4.39 Å². The van der Waals surface area contributed by atoms with E-state index in [2.05, 4.69) is 0 Å². The van der Waals surface area contributed by atoms with Crippen molar-refractivity contribution >= 4 is 11.8 Å². The Labute approximate surface area is 104 Å². The highest BCUT2D eigenvalue weighted by atomic mass is 32.2. The van der Waals surface area contributed by atoms with Crippen molar-refractivity contribution in [2.45, 2.75) is 29.7 Å². The average molecular weight is 251 g/mol. The lowest BCUT2D eigenvalue weighted by Gasteiger charge is -2.11. The van der Waals surface area contributed by atoms with Crippen molar-refractivity contribution in [2.24, 2.45) is 5.73 Å². The van der Waals surface area contributed by atoms with Crippen LogP contribution < -0.4 is 5.73 Å². The quantitative estimate of drug-likeness (QED) is 0.899. The summed E-state index contributed by atoms with van der Waals surface area (Å²) in [5, 5.41) is 0. The first kappa shape index (κ1) is 12.2. The van der Waals surface area contributed by atoms with Gasteiger partial charge in [-0.2, -0.15) is 0 Å². The van der Waals surface area contributed by atoms with Gasteiger partial charge in [-0.25, -0.2) is 4.39 Å². The van der Waals surface area contributed by atoms with Gasteiger partial charge >= 0.3 is 0 Å². The third-order valence-electron chi connectivity index (χ3n) is 2.49. The summed E-state index contributed by atoms with van der Waals surface area (Å²) in [4.78, 5) is 1.99. The molecular formula is C13H14FNOS. The van der Waals surface area contributed by atoms with E-state index >= 15 is 0 Å². The zero-order valence-corrected chi connectivity index (χ0v) is 10.6. The molecule has 0 unspecified atom stereocenters. The van der Waals surface area contributed by atoms with Crippen LogP contribution in [0.3, 0.4) is 0 Å². The molecule has 0 amide bonds. The first-order chi connectivity index (χ1) is 8.08. The molecule has 2 rings (SSSR count). The predicted molar refractivity (Wildman–Crippen MR) is 66.6 cm³/mol. The molecule has 90 valence electrons. The molecule has 1 heterocycles. The average Bonchev–Trinajstić information content (AvgIpc) is 2.67. The van der Waals surface area contributed by atoms with Gasteiger partial charge in [-0.15, -0.1) is 0 Å². The van der Waals surface area contributed by atoms with Crippen LogP contribution >= 0.6 is 11.8 Å². The second-order valence-electron chi connectivity index (χ2n) is 3.91. The molecule has 17 heavy (non-hydrogen) atoms. The SMILES string of the molecule is Cc1occc1Sc1ccc(F)cc1[C@H](C)N. The van der Waals surface area contributed by atoms with Gasteiger partial charge in [0.25, 0.3) is 0 Å². The van der Waals surface area contributed by atoms with E-state index in [1.807, 2.05) is 19.9 Å². The number of hydrogen-bond acceptors (Lipinski definition) is 3. The summed E-state index contributed by atoms with van der Waals surface area (Å²) >= 11 is 1.54. The maximum Gasteiger partial charge on any atom is 0.123 e. The molecular weight excluding hydrogens is 237 g/mol. The minimum absolute atomic E-state index is 0.194. The number of rotatable bonds is 3. The molecule has 0 aliphatic heterocycles. The molecule has 0 aliphatic rings. The molecule has 2 nitrogen and oxygen atoms in total. The molecule has 1 atom stereocenters. The van der Waals surface area contributed by atoms with Crippen molar-refractivity contribution in [3.63, 3.8) is 0 Å². The van der Waals surface area contributed by atoms with E-state index in [0.29, 0.717) is 0 Å². The van der Waals surface area contributed by atoms with Crippen molar-refractivity contribution in [1.29, 1.82) is 0 Å². The molecule has 0 saturated carbocycles. The summed E-state index contributed by atoms with van der Waals surface area (Å²) in [5.74, 6) is 0.598. The molecule has 0 saturated heterocycles. The van der Waals surface area contributed by atoms with E-state index in [1.54, 1.807) is 24.1 Å².